The van der Waals surface area contributed by atoms with Crippen LogP contribution in [0, 0.1) is 87.3 Å². The molecule has 0 aliphatic carbocycles. The Balaban J connectivity index is 0.000000396. The van der Waals surface area contributed by atoms with Gasteiger partial charge in [0.1, 0.15) is 46.7 Å². The second-order valence-electron chi connectivity index (χ2n) is 24.7. The number of unbranched alkanes of at least 4 members (excludes halogenated alkanes) is 30. The molecule has 1 N–H and O–H groups in total. The maximum absolute atomic E-state index is 15.8. The van der Waals surface area contributed by atoms with Gasteiger partial charge in [-0.3, -0.25) is 0 Å². The molecule has 5 aromatic rings. The summed E-state index contributed by atoms with van der Waals surface area (Å²) in [6.07, 6.45) is 33.4. The summed E-state index contributed by atoms with van der Waals surface area (Å²) in [5, 5.41) is 0.330. The summed E-state index contributed by atoms with van der Waals surface area (Å²) in [6, 6.07) is 8.92. The Kier molecular flexibility index (Phi) is 36.4. The number of quaternary nitrogens is 1. The molecule has 0 fully saturated rings. The van der Waals surface area contributed by atoms with Crippen LogP contribution in [0.1, 0.15) is 239 Å². The third-order valence-corrected chi connectivity index (χ3v) is 20.3. The molecular weight excluding hydrogens is 1260 g/mol. The lowest BCUT2D eigenvalue weighted by Crippen LogP contribution is -3.07. The first-order chi connectivity index (χ1) is 44.5. The van der Waals surface area contributed by atoms with E-state index in [9.17, 15) is 52.7 Å². The van der Waals surface area contributed by atoms with Gasteiger partial charge in [0.15, 0.2) is 52.4 Å². The summed E-state index contributed by atoms with van der Waals surface area (Å²) >= 11 is -2.63. The van der Waals surface area contributed by atoms with Crippen molar-refractivity contribution in [3.63, 3.8) is 0 Å². The number of benzene rings is 5. The monoisotopic (exact) mass is 1360 g/mol. The Bertz CT molecular complexity index is 2720. The second kappa shape index (κ2) is 42.0. The Hall–Kier alpha value is -4.80. The maximum Gasteiger partial charge on any atom is 0.546 e. The molecule has 0 radical (unpaired) electrons. The van der Waals surface area contributed by atoms with E-state index in [1.54, 1.807) is 12.1 Å². The fourth-order valence-corrected chi connectivity index (χ4v) is 14.1. The zero-order chi connectivity index (χ0) is 68.7. The third-order valence-electron chi connectivity index (χ3n) is 17.9. The van der Waals surface area contributed by atoms with Gasteiger partial charge in [-0.1, -0.05) is 236 Å². The molecule has 0 heterocycles. The number of rotatable bonds is 43. The van der Waals surface area contributed by atoms with Gasteiger partial charge in [0.05, 0.1) is 18.7 Å². The Morgan fingerprint density at radius 1 is 0.323 bits per heavy atom. The molecule has 22 heteroatoms. The highest BCUT2D eigenvalue weighted by atomic mass is 27.2. The van der Waals surface area contributed by atoms with Crippen LogP contribution in [0.5, 0.6) is 5.75 Å². The lowest BCUT2D eigenvalue weighted by molar-refractivity contribution is -0.833. The normalized spacial score (nSPS) is 11.9. The molecule has 5 aromatic carbocycles. The Morgan fingerprint density at radius 3 is 0.828 bits per heavy atom. The van der Waals surface area contributed by atoms with Crippen molar-refractivity contribution in [2.45, 2.75) is 250 Å². The summed E-state index contributed by atoms with van der Waals surface area (Å²) in [5.41, 5.74) is -9.08. The van der Waals surface area contributed by atoms with E-state index in [0.717, 1.165) is 49.8 Å². The highest BCUT2D eigenvalue weighted by Gasteiger charge is 2.50. The smallest absolute Gasteiger partial charge is 0.546 e. The third kappa shape index (κ3) is 22.9. The van der Waals surface area contributed by atoms with E-state index in [1.165, 1.54) is 224 Å². The SMILES string of the molecule is CCCCCCCCCCCCCCCCCC[NH+](CCCCCCCCCCCCCCCCCC)c1ccc(C(F)(F)F)cc1.C[CH2][Al]([CH2]C)[O]c1ccccc1[B-](c1c(F)c(F)c(F)c(F)c1F)(c1c(F)c(F)c(F)c(F)c1F)c1c(F)c(F)c(F)c(F)c1F. The molecule has 0 aliphatic rings. The van der Waals surface area contributed by atoms with Gasteiger partial charge in [-0.05, 0) is 56.0 Å². The summed E-state index contributed by atoms with van der Waals surface area (Å²) in [6.45, 7) is 9.68. The molecule has 520 valence electrons. The van der Waals surface area contributed by atoms with Crippen LogP contribution in [0.2, 0.25) is 10.6 Å². The first kappa shape index (κ1) is 80.6. The molecule has 0 spiro atoms. The van der Waals surface area contributed by atoms with Gasteiger partial charge in [0.25, 0.3) is 0 Å². The van der Waals surface area contributed by atoms with Crippen LogP contribution in [0.15, 0.2) is 48.5 Å². The standard InChI is InChI=1S/C43H78F3N.C24H5BF15O.2C2H5.Al/c1-3-5-7-9-11-13-15-17-19-21-23-25-27-29-31-33-39-47(42-37-35-41(36-38-42)43(44,45)46)40-34-32-30-28-26-24-22-20-18-16-14-12-10-8-6-4-2;26-10-7(11(27)17(33)22(38)16(10)32)25(5-3-1-2-4-6(5)41,8-12(28)18(34)23(39)19(35)13(8)29)9-14(30)20(36)24(40)21(37)15(9)31;2*1-2;/h35-38H,3-34,39-40H2,1-2H3;1-4,41H;2*1H2,2H3;/q;-1;;;+1. The van der Waals surface area contributed by atoms with E-state index in [-0.39, 0.29) is 10.6 Å². The predicted molar refractivity (Wildman–Crippen MR) is 338 cm³/mol. The van der Waals surface area contributed by atoms with Crippen LogP contribution < -0.4 is 30.5 Å². The number of para-hydroxylation sites is 1. The van der Waals surface area contributed by atoms with Crippen molar-refractivity contribution < 1.29 is 87.7 Å². The van der Waals surface area contributed by atoms with Crippen LogP contribution in [-0.2, 0) is 6.18 Å². The van der Waals surface area contributed by atoms with Gasteiger partial charge in [-0.15, -0.1) is 16.4 Å². The molecule has 93 heavy (non-hydrogen) atoms. The van der Waals surface area contributed by atoms with Crippen LogP contribution in [0.3, 0.4) is 0 Å². The van der Waals surface area contributed by atoms with Crippen molar-refractivity contribution in [3.8, 4) is 5.75 Å². The minimum Gasteiger partial charge on any atom is -0.645 e. The van der Waals surface area contributed by atoms with Crippen molar-refractivity contribution in [3.05, 3.63) is 141 Å². The zero-order valence-electron chi connectivity index (χ0n) is 54.4. The van der Waals surface area contributed by atoms with Crippen molar-refractivity contribution >= 4 is 48.2 Å². The van der Waals surface area contributed by atoms with E-state index in [0.29, 0.717) is 6.07 Å². The van der Waals surface area contributed by atoms with Crippen LogP contribution in [0.4, 0.5) is 84.7 Å². The van der Waals surface area contributed by atoms with Crippen molar-refractivity contribution in [1.29, 1.82) is 0 Å². The van der Waals surface area contributed by atoms with Gasteiger partial charge >= 0.3 is 20.7 Å². The predicted octanol–water partition coefficient (Wildman–Crippen LogP) is 21.3. The topological polar surface area (TPSA) is 13.7 Å². The molecule has 5 rings (SSSR count). The lowest BCUT2D eigenvalue weighted by atomic mass is 9.12. The van der Waals surface area contributed by atoms with E-state index < -0.39 is 147 Å². The van der Waals surface area contributed by atoms with Gasteiger partial charge in [-0.2, -0.15) is 18.6 Å². The van der Waals surface area contributed by atoms with Crippen LogP contribution in [0.25, 0.3) is 0 Å². The Morgan fingerprint density at radius 2 is 0.570 bits per heavy atom. The fraction of sp³-hybridized carbons (Fsp3) is 0.577. The molecule has 0 aromatic heterocycles. The molecule has 0 atom stereocenters. The van der Waals surface area contributed by atoms with E-state index >= 15 is 26.3 Å². The molecule has 0 saturated heterocycles. The lowest BCUT2D eigenvalue weighted by Gasteiger charge is -2.45. The first-order valence-corrected chi connectivity index (χ1v) is 36.1. The van der Waals surface area contributed by atoms with Crippen molar-refractivity contribution in [2.75, 3.05) is 13.1 Å². The highest BCUT2D eigenvalue weighted by molar-refractivity contribution is 7.20. The van der Waals surface area contributed by atoms with E-state index in [4.69, 9.17) is 3.79 Å². The first-order valence-electron chi connectivity index (χ1n) is 34.0. The molecule has 0 aliphatic heterocycles. The van der Waals surface area contributed by atoms with Gasteiger partial charge < -0.3 is 8.69 Å². The average molecular weight is 1360 g/mol. The van der Waals surface area contributed by atoms with Gasteiger partial charge in [0, 0.05) is 5.75 Å². The largest absolute Gasteiger partial charge is 0.645 e. The quantitative estimate of drug-likeness (QED) is 0.0135. The summed E-state index contributed by atoms with van der Waals surface area (Å²) < 4.78 is 271. The van der Waals surface area contributed by atoms with Crippen molar-refractivity contribution in [1.82, 2.24) is 0 Å². The van der Waals surface area contributed by atoms with Gasteiger partial charge in [-0.25, -0.2) is 65.9 Å². The highest BCUT2D eigenvalue weighted by Crippen LogP contribution is 2.32. The zero-order valence-corrected chi connectivity index (χ0v) is 55.6. The summed E-state index contributed by atoms with van der Waals surface area (Å²) in [7, 11) is 0. The Labute approximate surface area is 543 Å². The van der Waals surface area contributed by atoms with E-state index in [2.05, 4.69) is 13.8 Å². The molecule has 0 amide bonds. The van der Waals surface area contributed by atoms with E-state index in [1.807, 2.05) is 0 Å². The molecule has 0 unspecified atom stereocenters. The fourth-order valence-electron chi connectivity index (χ4n) is 12.6. The molecule has 0 bridgehead atoms. The number of halogens is 18. The molecule has 2 nitrogen and oxygen atoms in total. The number of hydrogen-bond donors (Lipinski definition) is 1. The van der Waals surface area contributed by atoms with Crippen LogP contribution >= 0.6 is 0 Å². The minimum atomic E-state index is -5.90. The summed E-state index contributed by atoms with van der Waals surface area (Å²) in [4.78, 5) is 1.37. The number of hydrogen-bond acceptors (Lipinski definition) is 1. The molecule has 0 saturated carbocycles. The minimum absolute atomic E-state index is 0.165. The second-order valence-corrected chi connectivity index (χ2v) is 27.8. The van der Waals surface area contributed by atoms with Crippen molar-refractivity contribution in [2.24, 2.45) is 0 Å². The van der Waals surface area contributed by atoms with Gasteiger partial charge in [0.2, 0.25) is 0 Å². The molecular formula is C71H93AlBF18NO. The summed E-state index contributed by atoms with van der Waals surface area (Å²) in [5.74, 6) is -46.7. The number of alkyl halides is 3. The maximum atomic E-state index is 15.8. The average Bonchev–Trinajstić information content (AvgIpc) is 0.689. The van der Waals surface area contributed by atoms with Crippen LogP contribution in [-0.4, -0.2) is 33.7 Å². The number of nitrogens with one attached hydrogen (secondary N) is 1.